The number of carbonyl (C=O) groups excluding carboxylic acids is 1. The first kappa shape index (κ1) is 16.0. The average molecular weight is 308 g/mol. The molecule has 0 spiro atoms. The molecule has 1 saturated heterocycles. The molecule has 0 bridgehead atoms. The van der Waals surface area contributed by atoms with Gasteiger partial charge >= 0.3 is 6.09 Å². The molecule has 1 aliphatic rings. The van der Waals surface area contributed by atoms with Crippen molar-refractivity contribution in [2.24, 2.45) is 0 Å². The highest BCUT2D eigenvalue weighted by molar-refractivity contribution is 5.68. The Morgan fingerprint density at radius 2 is 2.23 bits per heavy atom. The van der Waals surface area contributed by atoms with Crippen molar-refractivity contribution in [1.29, 1.82) is 0 Å². The molecule has 1 aromatic rings. The number of ether oxygens (including phenoxy) is 1. The third kappa shape index (κ3) is 4.31. The Morgan fingerprint density at radius 1 is 1.50 bits per heavy atom. The van der Waals surface area contributed by atoms with Crippen molar-refractivity contribution in [1.82, 2.24) is 10.3 Å². The van der Waals surface area contributed by atoms with Crippen LogP contribution in [0.25, 0.3) is 0 Å². The van der Waals surface area contributed by atoms with Gasteiger partial charge in [0.05, 0.1) is 11.0 Å². The highest BCUT2D eigenvalue weighted by Crippen LogP contribution is 2.20. The van der Waals surface area contributed by atoms with Gasteiger partial charge in [0, 0.05) is 19.2 Å². The Morgan fingerprint density at radius 3 is 2.77 bits per heavy atom. The summed E-state index contributed by atoms with van der Waals surface area (Å²) in [6.45, 7) is 6.77. The lowest BCUT2D eigenvalue weighted by atomic mass is 10.2. The number of alkyl carbamates (subject to hydrolysis) is 1. The summed E-state index contributed by atoms with van der Waals surface area (Å²) in [5, 5.41) is 13.4. The van der Waals surface area contributed by atoms with E-state index in [1.807, 2.05) is 25.7 Å². The Kier molecular flexibility index (Phi) is 4.48. The van der Waals surface area contributed by atoms with Gasteiger partial charge in [-0.25, -0.2) is 9.78 Å². The van der Waals surface area contributed by atoms with Crippen LogP contribution >= 0.6 is 0 Å². The fourth-order valence-corrected chi connectivity index (χ4v) is 2.23. The zero-order valence-electron chi connectivity index (χ0n) is 12.9. The first-order valence-electron chi connectivity index (χ1n) is 7.09. The van der Waals surface area contributed by atoms with Gasteiger partial charge < -0.3 is 15.0 Å². The standard InChI is InChI=1S/C14H20N4O4/c1-14(2,3)22-13(19)16-10-6-7-17(9-10)12-5-4-11(8-15-12)18(20)21/h4-5,8,10H,6-7,9H2,1-3H3,(H,16,19)/t10-/m0/s1. The normalized spacial score (nSPS) is 18.1. The highest BCUT2D eigenvalue weighted by atomic mass is 16.6. The van der Waals surface area contributed by atoms with E-state index in [1.54, 1.807) is 6.07 Å². The van der Waals surface area contributed by atoms with Gasteiger partial charge in [-0.1, -0.05) is 0 Å². The summed E-state index contributed by atoms with van der Waals surface area (Å²) in [5.41, 5.74) is -0.561. The van der Waals surface area contributed by atoms with Crippen molar-refractivity contribution in [3.63, 3.8) is 0 Å². The summed E-state index contributed by atoms with van der Waals surface area (Å²) in [6, 6.07) is 3.03. The number of nitro groups is 1. The fourth-order valence-electron chi connectivity index (χ4n) is 2.23. The summed E-state index contributed by atoms with van der Waals surface area (Å²) in [5.74, 6) is 0.666. The van der Waals surface area contributed by atoms with E-state index in [0.717, 1.165) is 13.0 Å². The second kappa shape index (κ2) is 6.17. The van der Waals surface area contributed by atoms with Crippen LogP contribution in [0.15, 0.2) is 18.3 Å². The number of amides is 1. The number of hydrogen-bond donors (Lipinski definition) is 1. The van der Waals surface area contributed by atoms with Gasteiger partial charge in [0.15, 0.2) is 0 Å². The van der Waals surface area contributed by atoms with Crippen LogP contribution < -0.4 is 10.2 Å². The Balaban J connectivity index is 1.89. The lowest BCUT2D eigenvalue weighted by Crippen LogP contribution is -2.40. The van der Waals surface area contributed by atoms with Gasteiger partial charge in [0.2, 0.25) is 0 Å². The minimum absolute atomic E-state index is 0.0214. The summed E-state index contributed by atoms with van der Waals surface area (Å²) in [6.07, 6.45) is 1.58. The molecule has 0 unspecified atom stereocenters. The number of nitrogens with one attached hydrogen (secondary N) is 1. The molecule has 22 heavy (non-hydrogen) atoms. The first-order chi connectivity index (χ1) is 10.2. The largest absolute Gasteiger partial charge is 0.444 e. The van der Waals surface area contributed by atoms with E-state index >= 15 is 0 Å². The summed E-state index contributed by atoms with van der Waals surface area (Å²) < 4.78 is 5.22. The van der Waals surface area contributed by atoms with Gasteiger partial charge in [0.25, 0.3) is 5.69 Å². The van der Waals surface area contributed by atoms with Crippen molar-refractivity contribution in [3.05, 3.63) is 28.4 Å². The van der Waals surface area contributed by atoms with E-state index in [0.29, 0.717) is 12.4 Å². The molecule has 8 heteroatoms. The third-order valence-electron chi connectivity index (χ3n) is 3.18. The molecule has 1 aromatic heterocycles. The summed E-state index contributed by atoms with van der Waals surface area (Å²) in [7, 11) is 0. The van der Waals surface area contributed by atoms with Crippen LogP contribution in [0, 0.1) is 10.1 Å². The number of aromatic nitrogens is 1. The molecule has 1 amide bonds. The van der Waals surface area contributed by atoms with E-state index in [-0.39, 0.29) is 11.7 Å². The van der Waals surface area contributed by atoms with Gasteiger partial charge in [0.1, 0.15) is 17.6 Å². The number of anilines is 1. The monoisotopic (exact) mass is 308 g/mol. The zero-order valence-corrected chi connectivity index (χ0v) is 12.9. The lowest BCUT2D eigenvalue weighted by molar-refractivity contribution is -0.385. The van der Waals surface area contributed by atoms with Gasteiger partial charge in [-0.15, -0.1) is 0 Å². The highest BCUT2D eigenvalue weighted by Gasteiger charge is 2.27. The molecule has 1 fully saturated rings. The summed E-state index contributed by atoms with van der Waals surface area (Å²) in [4.78, 5) is 27.9. The van der Waals surface area contributed by atoms with Crippen LogP contribution in [0.1, 0.15) is 27.2 Å². The zero-order chi connectivity index (χ0) is 16.3. The van der Waals surface area contributed by atoms with Crippen LogP contribution in [0.2, 0.25) is 0 Å². The van der Waals surface area contributed by atoms with Gasteiger partial charge in [-0.3, -0.25) is 10.1 Å². The third-order valence-corrected chi connectivity index (χ3v) is 3.18. The quantitative estimate of drug-likeness (QED) is 0.678. The van der Waals surface area contributed by atoms with E-state index in [9.17, 15) is 14.9 Å². The molecular formula is C14H20N4O4. The second-order valence-corrected chi connectivity index (χ2v) is 6.21. The Hall–Kier alpha value is -2.38. The number of nitrogens with zero attached hydrogens (tertiary/aromatic N) is 3. The number of hydrogen-bond acceptors (Lipinski definition) is 6. The lowest BCUT2D eigenvalue weighted by Gasteiger charge is -2.22. The molecule has 2 heterocycles. The molecule has 0 saturated carbocycles. The van der Waals surface area contributed by atoms with Gasteiger partial charge in [-0.05, 0) is 33.3 Å². The van der Waals surface area contributed by atoms with E-state index < -0.39 is 16.6 Å². The molecule has 8 nitrogen and oxygen atoms in total. The topological polar surface area (TPSA) is 97.6 Å². The SMILES string of the molecule is CC(C)(C)OC(=O)N[C@H]1CCN(c2ccc([N+](=O)[O-])cn2)C1. The van der Waals surface area contributed by atoms with Crippen LogP contribution in [-0.2, 0) is 4.74 Å². The molecule has 2 rings (SSSR count). The van der Waals surface area contributed by atoms with Gasteiger partial charge in [-0.2, -0.15) is 0 Å². The van der Waals surface area contributed by atoms with Crippen molar-refractivity contribution in [2.45, 2.75) is 38.8 Å². The molecule has 120 valence electrons. The molecular weight excluding hydrogens is 288 g/mol. The van der Waals surface area contributed by atoms with Crippen LogP contribution in [0.3, 0.4) is 0 Å². The maximum absolute atomic E-state index is 11.7. The van der Waals surface area contributed by atoms with E-state index in [1.165, 1.54) is 12.3 Å². The number of pyridine rings is 1. The first-order valence-corrected chi connectivity index (χ1v) is 7.09. The van der Waals surface area contributed by atoms with Crippen molar-refractivity contribution >= 4 is 17.6 Å². The molecule has 0 aliphatic carbocycles. The van der Waals surface area contributed by atoms with Crippen molar-refractivity contribution in [2.75, 3.05) is 18.0 Å². The Bertz CT molecular complexity index is 553. The predicted molar refractivity (Wildman–Crippen MR) is 80.9 cm³/mol. The molecule has 0 radical (unpaired) electrons. The number of rotatable bonds is 3. The van der Waals surface area contributed by atoms with E-state index in [2.05, 4.69) is 10.3 Å². The summed E-state index contributed by atoms with van der Waals surface area (Å²) >= 11 is 0. The fraction of sp³-hybridized carbons (Fsp3) is 0.571. The minimum atomic E-state index is -0.526. The van der Waals surface area contributed by atoms with Crippen molar-refractivity contribution < 1.29 is 14.5 Å². The second-order valence-electron chi connectivity index (χ2n) is 6.21. The molecule has 1 atom stereocenters. The van der Waals surface area contributed by atoms with Crippen LogP contribution in [0.4, 0.5) is 16.3 Å². The average Bonchev–Trinajstić information content (AvgIpc) is 2.85. The van der Waals surface area contributed by atoms with E-state index in [4.69, 9.17) is 4.74 Å². The smallest absolute Gasteiger partial charge is 0.407 e. The van der Waals surface area contributed by atoms with Crippen molar-refractivity contribution in [3.8, 4) is 0 Å². The van der Waals surface area contributed by atoms with Crippen LogP contribution in [0.5, 0.6) is 0 Å². The maximum atomic E-state index is 11.7. The number of carbonyl (C=O) groups is 1. The molecule has 1 aliphatic heterocycles. The minimum Gasteiger partial charge on any atom is -0.444 e. The molecule has 0 aromatic carbocycles. The predicted octanol–water partition coefficient (Wildman–Crippen LogP) is 2.09. The molecule has 1 N–H and O–H groups in total. The maximum Gasteiger partial charge on any atom is 0.407 e. The van der Waals surface area contributed by atoms with Crippen LogP contribution in [-0.4, -0.2) is 40.7 Å². The Labute approximate surface area is 128 Å².